The van der Waals surface area contributed by atoms with Crippen molar-refractivity contribution in [1.29, 1.82) is 0 Å². The van der Waals surface area contributed by atoms with Crippen LogP contribution in [0.4, 0.5) is 0 Å². The second-order valence-electron chi connectivity index (χ2n) is 4.26. The van der Waals surface area contributed by atoms with E-state index in [-0.39, 0.29) is 17.9 Å². The Hall–Kier alpha value is -1.10. The maximum Gasteiger partial charge on any atom is 0.323 e. The van der Waals surface area contributed by atoms with Crippen molar-refractivity contribution in [3.63, 3.8) is 0 Å². The van der Waals surface area contributed by atoms with Gasteiger partial charge in [0.1, 0.15) is 6.04 Å². The summed E-state index contributed by atoms with van der Waals surface area (Å²) in [7, 11) is 4.89. The van der Waals surface area contributed by atoms with Crippen LogP contribution in [0.5, 0.6) is 0 Å². The molecule has 5 nitrogen and oxygen atoms in total. The van der Waals surface area contributed by atoms with Crippen molar-refractivity contribution in [2.45, 2.75) is 25.3 Å². The van der Waals surface area contributed by atoms with Crippen molar-refractivity contribution in [1.82, 2.24) is 9.80 Å². The van der Waals surface area contributed by atoms with E-state index < -0.39 is 0 Å². The van der Waals surface area contributed by atoms with Gasteiger partial charge in [-0.15, -0.1) is 0 Å². The van der Waals surface area contributed by atoms with Gasteiger partial charge in [-0.1, -0.05) is 0 Å². The van der Waals surface area contributed by atoms with Crippen molar-refractivity contribution in [2.75, 3.05) is 34.3 Å². The van der Waals surface area contributed by atoms with Gasteiger partial charge in [-0.05, 0) is 19.4 Å². The molecule has 1 fully saturated rings. The van der Waals surface area contributed by atoms with Crippen LogP contribution in [-0.2, 0) is 14.3 Å². The number of likely N-dealkylation sites (tertiary alicyclic amines) is 1. The lowest BCUT2D eigenvalue weighted by atomic mass is 10.2. The summed E-state index contributed by atoms with van der Waals surface area (Å²) in [5.41, 5.74) is 0. The number of hydrogen-bond donors (Lipinski definition) is 0. The lowest BCUT2D eigenvalue weighted by Gasteiger charge is -2.22. The molecule has 1 aliphatic rings. The fourth-order valence-corrected chi connectivity index (χ4v) is 1.96. The summed E-state index contributed by atoms with van der Waals surface area (Å²) >= 11 is 0. The number of amides is 1. The Bertz CT molecular complexity index is 266. The number of methoxy groups -OCH3 is 1. The molecule has 16 heavy (non-hydrogen) atoms. The average Bonchev–Trinajstić information content (AvgIpc) is 2.72. The molecule has 0 aromatic carbocycles. The average molecular weight is 228 g/mol. The molecule has 0 aliphatic carbocycles. The molecule has 1 saturated heterocycles. The van der Waals surface area contributed by atoms with Gasteiger partial charge in [-0.2, -0.15) is 0 Å². The van der Waals surface area contributed by atoms with E-state index in [1.807, 2.05) is 4.90 Å². The van der Waals surface area contributed by atoms with E-state index in [0.29, 0.717) is 13.0 Å². The Balaban J connectivity index is 2.41. The molecular formula is C11H20N2O3. The summed E-state index contributed by atoms with van der Waals surface area (Å²) in [5, 5.41) is 0. The summed E-state index contributed by atoms with van der Waals surface area (Å²) < 4.78 is 4.74. The molecule has 1 amide bonds. The van der Waals surface area contributed by atoms with Crippen LogP contribution < -0.4 is 0 Å². The fourth-order valence-electron chi connectivity index (χ4n) is 1.96. The molecular weight excluding hydrogens is 208 g/mol. The zero-order valence-electron chi connectivity index (χ0n) is 10.2. The Kier molecular flexibility index (Phi) is 4.73. The Morgan fingerprint density at radius 2 is 2.12 bits per heavy atom. The van der Waals surface area contributed by atoms with Crippen LogP contribution in [0.15, 0.2) is 0 Å². The zero-order valence-corrected chi connectivity index (χ0v) is 10.2. The van der Waals surface area contributed by atoms with Crippen molar-refractivity contribution in [3.8, 4) is 0 Å². The lowest BCUT2D eigenvalue weighted by molar-refractivity contribution is -0.146. The first kappa shape index (κ1) is 13.0. The second kappa shape index (κ2) is 5.84. The van der Waals surface area contributed by atoms with E-state index in [1.54, 1.807) is 19.0 Å². The monoisotopic (exact) mass is 228 g/mol. The highest BCUT2D eigenvalue weighted by atomic mass is 16.5. The van der Waals surface area contributed by atoms with Gasteiger partial charge in [0.25, 0.3) is 0 Å². The Morgan fingerprint density at radius 1 is 1.44 bits per heavy atom. The van der Waals surface area contributed by atoms with E-state index in [2.05, 4.69) is 0 Å². The summed E-state index contributed by atoms with van der Waals surface area (Å²) in [5.74, 6) is -0.0923. The first-order valence-corrected chi connectivity index (χ1v) is 5.58. The molecule has 0 aromatic heterocycles. The normalized spacial score (nSPS) is 20.8. The van der Waals surface area contributed by atoms with E-state index in [1.165, 1.54) is 7.11 Å². The van der Waals surface area contributed by atoms with Crippen LogP contribution in [0, 0.1) is 0 Å². The third-order valence-corrected chi connectivity index (χ3v) is 2.95. The molecule has 1 rings (SSSR count). The standard InChI is InChI=1S/C11H20N2O3/c1-12(2)10(14)6-8-13-7-4-5-9(13)11(15)16-3/h9H,4-8H2,1-3H3. The van der Waals surface area contributed by atoms with Crippen LogP contribution in [0.2, 0.25) is 0 Å². The van der Waals surface area contributed by atoms with Crippen LogP contribution in [0.25, 0.3) is 0 Å². The van der Waals surface area contributed by atoms with Crippen molar-refractivity contribution in [2.24, 2.45) is 0 Å². The van der Waals surface area contributed by atoms with Gasteiger partial charge in [0, 0.05) is 27.1 Å². The van der Waals surface area contributed by atoms with Gasteiger partial charge in [-0.3, -0.25) is 14.5 Å². The smallest absolute Gasteiger partial charge is 0.323 e. The number of carbonyl (C=O) groups excluding carboxylic acids is 2. The minimum atomic E-state index is -0.185. The summed E-state index contributed by atoms with van der Waals surface area (Å²) in [6.07, 6.45) is 2.29. The summed E-state index contributed by atoms with van der Waals surface area (Å²) in [4.78, 5) is 26.5. The third-order valence-electron chi connectivity index (χ3n) is 2.95. The second-order valence-corrected chi connectivity index (χ2v) is 4.26. The predicted molar refractivity (Wildman–Crippen MR) is 59.9 cm³/mol. The number of carbonyl (C=O) groups is 2. The molecule has 0 saturated carbocycles. The van der Waals surface area contributed by atoms with E-state index in [4.69, 9.17) is 4.74 Å². The molecule has 0 aromatic rings. The van der Waals surface area contributed by atoms with Crippen LogP contribution in [-0.4, -0.2) is 62.0 Å². The van der Waals surface area contributed by atoms with Crippen molar-refractivity contribution >= 4 is 11.9 Å². The number of nitrogens with zero attached hydrogens (tertiary/aromatic N) is 2. The minimum absolute atomic E-state index is 0.0931. The quantitative estimate of drug-likeness (QED) is 0.640. The molecule has 1 atom stereocenters. The largest absolute Gasteiger partial charge is 0.468 e. The van der Waals surface area contributed by atoms with Crippen LogP contribution in [0.1, 0.15) is 19.3 Å². The van der Waals surface area contributed by atoms with Gasteiger partial charge in [0.15, 0.2) is 0 Å². The predicted octanol–water partition coefficient (Wildman–Crippen LogP) is 0.102. The van der Waals surface area contributed by atoms with Gasteiger partial charge >= 0.3 is 5.97 Å². The molecule has 0 radical (unpaired) electrons. The highest BCUT2D eigenvalue weighted by molar-refractivity contribution is 5.77. The highest BCUT2D eigenvalue weighted by Gasteiger charge is 2.31. The van der Waals surface area contributed by atoms with Gasteiger partial charge in [0.05, 0.1) is 7.11 Å². The molecule has 92 valence electrons. The molecule has 1 unspecified atom stereocenters. The van der Waals surface area contributed by atoms with E-state index >= 15 is 0 Å². The van der Waals surface area contributed by atoms with E-state index in [0.717, 1.165) is 19.4 Å². The Labute approximate surface area is 96.3 Å². The Morgan fingerprint density at radius 3 is 2.69 bits per heavy atom. The molecule has 0 N–H and O–H groups in total. The molecule has 0 spiro atoms. The van der Waals surface area contributed by atoms with Crippen molar-refractivity contribution < 1.29 is 14.3 Å². The molecule has 1 heterocycles. The van der Waals surface area contributed by atoms with Gasteiger partial charge in [0.2, 0.25) is 5.91 Å². The number of hydrogen-bond acceptors (Lipinski definition) is 4. The minimum Gasteiger partial charge on any atom is -0.468 e. The first-order valence-electron chi connectivity index (χ1n) is 5.58. The highest BCUT2D eigenvalue weighted by Crippen LogP contribution is 2.18. The van der Waals surface area contributed by atoms with E-state index in [9.17, 15) is 9.59 Å². The molecule has 1 aliphatic heterocycles. The van der Waals surface area contributed by atoms with Crippen LogP contribution >= 0.6 is 0 Å². The van der Waals surface area contributed by atoms with Gasteiger partial charge < -0.3 is 9.64 Å². The third kappa shape index (κ3) is 3.20. The summed E-state index contributed by atoms with van der Waals surface area (Å²) in [6, 6.07) is -0.153. The maximum atomic E-state index is 11.4. The fraction of sp³-hybridized carbons (Fsp3) is 0.818. The molecule has 0 bridgehead atoms. The molecule has 5 heteroatoms. The maximum absolute atomic E-state index is 11.4. The number of esters is 1. The van der Waals surface area contributed by atoms with Crippen molar-refractivity contribution in [3.05, 3.63) is 0 Å². The summed E-state index contributed by atoms with van der Waals surface area (Å²) in [6.45, 7) is 1.51. The van der Waals surface area contributed by atoms with Gasteiger partial charge in [-0.25, -0.2) is 0 Å². The first-order chi connectivity index (χ1) is 7.56. The topological polar surface area (TPSA) is 49.9 Å². The zero-order chi connectivity index (χ0) is 12.1. The number of ether oxygens (including phenoxy) is 1. The van der Waals surface area contributed by atoms with Crippen LogP contribution in [0.3, 0.4) is 0 Å². The number of rotatable bonds is 4. The lowest BCUT2D eigenvalue weighted by Crippen LogP contribution is -2.39. The SMILES string of the molecule is COC(=O)C1CCCN1CCC(=O)N(C)C.